The predicted molar refractivity (Wildman–Crippen MR) is 105 cm³/mol. The van der Waals surface area contributed by atoms with Gasteiger partial charge in [-0.1, -0.05) is 0 Å². The molecule has 0 aliphatic rings. The normalized spacial score (nSPS) is 11.9. The number of aromatic nitrogens is 1. The van der Waals surface area contributed by atoms with Crippen LogP contribution >= 0.6 is 0 Å². The highest BCUT2D eigenvalue weighted by Crippen LogP contribution is 2.10. The van der Waals surface area contributed by atoms with Crippen molar-refractivity contribution in [2.24, 2.45) is 4.99 Å². The molecule has 10 heteroatoms. The summed E-state index contributed by atoms with van der Waals surface area (Å²) in [6.45, 7) is 1.47. The first-order valence-electron chi connectivity index (χ1n) is 8.62. The number of aliphatic imine (C=N–C) groups is 1. The molecule has 0 bridgehead atoms. The first kappa shape index (κ1) is 21.6. The first-order chi connectivity index (χ1) is 13.4. The average molecular weight is 409 g/mol. The molecule has 0 fully saturated rings. The summed E-state index contributed by atoms with van der Waals surface area (Å²) in [5.74, 6) is 0.874. The molecule has 0 atom stereocenters. The molecule has 0 amide bonds. The van der Waals surface area contributed by atoms with E-state index in [1.165, 1.54) is 30.6 Å². The number of hydrogen-bond acceptors (Lipinski definition) is 5. The van der Waals surface area contributed by atoms with Crippen LogP contribution in [-0.2, 0) is 10.0 Å². The molecule has 2 aromatic rings. The quantitative estimate of drug-likeness (QED) is 0.366. The highest BCUT2D eigenvalue weighted by Gasteiger charge is 2.13. The summed E-state index contributed by atoms with van der Waals surface area (Å²) in [4.78, 5) is 9.93. The number of likely N-dealkylation sites (N-methyl/N-ethyl adjacent to an activating group) is 1. The van der Waals surface area contributed by atoms with Crippen molar-refractivity contribution in [2.75, 3.05) is 40.3 Å². The highest BCUT2D eigenvalue weighted by atomic mass is 32.2. The van der Waals surface area contributed by atoms with Crippen LogP contribution in [0.15, 0.2) is 58.7 Å². The van der Waals surface area contributed by atoms with Gasteiger partial charge in [0.05, 0.1) is 6.54 Å². The Balaban J connectivity index is 1.72. The van der Waals surface area contributed by atoms with Crippen LogP contribution in [0, 0.1) is 5.82 Å². The van der Waals surface area contributed by atoms with Gasteiger partial charge in [-0.05, 0) is 36.4 Å². The van der Waals surface area contributed by atoms with Gasteiger partial charge in [0.2, 0.25) is 10.0 Å². The van der Waals surface area contributed by atoms with Crippen molar-refractivity contribution in [3.8, 4) is 5.75 Å². The van der Waals surface area contributed by atoms with Gasteiger partial charge in [-0.3, -0.25) is 9.98 Å². The fourth-order valence-electron chi connectivity index (χ4n) is 2.27. The van der Waals surface area contributed by atoms with Gasteiger partial charge in [0, 0.05) is 39.6 Å². The molecular weight excluding hydrogens is 385 g/mol. The number of ether oxygens (including phenoxy) is 1. The molecule has 0 aliphatic carbocycles. The summed E-state index contributed by atoms with van der Waals surface area (Å²) < 4.78 is 45.2. The van der Waals surface area contributed by atoms with E-state index in [1.54, 1.807) is 25.2 Å². The average Bonchev–Trinajstić information content (AvgIpc) is 2.70. The zero-order chi connectivity index (χ0) is 20.4. The standard InChI is InChI=1S/C18H24FN5O3S/c1-20-18(24(2)12-13-27-16-7-5-15(19)6-8-16)22-10-11-23-28(25,26)17-4-3-9-21-14-17/h3-9,14,23H,10-13H2,1-2H3,(H,20,22). The van der Waals surface area contributed by atoms with E-state index in [1.807, 2.05) is 11.9 Å². The van der Waals surface area contributed by atoms with E-state index in [0.717, 1.165) is 0 Å². The lowest BCUT2D eigenvalue weighted by molar-refractivity contribution is 0.281. The third-order valence-electron chi connectivity index (χ3n) is 3.73. The monoisotopic (exact) mass is 409 g/mol. The summed E-state index contributed by atoms with van der Waals surface area (Å²) in [6, 6.07) is 8.86. The van der Waals surface area contributed by atoms with Crippen LogP contribution in [0.3, 0.4) is 0 Å². The van der Waals surface area contributed by atoms with Crippen molar-refractivity contribution in [1.29, 1.82) is 0 Å². The zero-order valence-corrected chi connectivity index (χ0v) is 16.6. The molecule has 152 valence electrons. The lowest BCUT2D eigenvalue weighted by Gasteiger charge is -2.22. The molecule has 1 heterocycles. The van der Waals surface area contributed by atoms with Gasteiger partial charge in [-0.2, -0.15) is 0 Å². The van der Waals surface area contributed by atoms with Gasteiger partial charge in [0.1, 0.15) is 23.1 Å². The number of nitrogens with one attached hydrogen (secondary N) is 2. The summed E-state index contributed by atoms with van der Waals surface area (Å²) in [5.41, 5.74) is 0. The topological polar surface area (TPSA) is 95.9 Å². The fraction of sp³-hybridized carbons (Fsp3) is 0.333. The van der Waals surface area contributed by atoms with Crippen LogP contribution < -0.4 is 14.8 Å². The number of sulfonamides is 1. The predicted octanol–water partition coefficient (Wildman–Crippen LogP) is 1.09. The third-order valence-corrected chi connectivity index (χ3v) is 5.17. The molecule has 2 N–H and O–H groups in total. The molecule has 0 spiro atoms. The zero-order valence-electron chi connectivity index (χ0n) is 15.8. The molecule has 0 radical (unpaired) electrons. The van der Waals surface area contributed by atoms with E-state index >= 15 is 0 Å². The van der Waals surface area contributed by atoms with Gasteiger partial charge < -0.3 is 15.0 Å². The first-order valence-corrected chi connectivity index (χ1v) is 10.1. The van der Waals surface area contributed by atoms with Crippen molar-refractivity contribution in [3.63, 3.8) is 0 Å². The van der Waals surface area contributed by atoms with Crippen molar-refractivity contribution < 1.29 is 17.5 Å². The molecule has 0 aliphatic heterocycles. The van der Waals surface area contributed by atoms with Crippen LogP contribution in [-0.4, -0.2) is 64.6 Å². The second-order valence-corrected chi connectivity index (χ2v) is 7.55. The van der Waals surface area contributed by atoms with Crippen LogP contribution in [0.4, 0.5) is 4.39 Å². The third kappa shape index (κ3) is 6.78. The minimum Gasteiger partial charge on any atom is -0.492 e. The SMILES string of the molecule is CN=C(NCCNS(=O)(=O)c1cccnc1)N(C)CCOc1ccc(F)cc1. The maximum Gasteiger partial charge on any atom is 0.242 e. The van der Waals surface area contributed by atoms with Crippen LogP contribution in [0.1, 0.15) is 0 Å². The van der Waals surface area contributed by atoms with Crippen molar-refractivity contribution >= 4 is 16.0 Å². The number of pyridine rings is 1. The van der Waals surface area contributed by atoms with Gasteiger partial charge in [0.25, 0.3) is 0 Å². The minimum absolute atomic E-state index is 0.120. The molecule has 1 aromatic heterocycles. The van der Waals surface area contributed by atoms with Gasteiger partial charge in [-0.15, -0.1) is 0 Å². The number of hydrogen-bond donors (Lipinski definition) is 2. The van der Waals surface area contributed by atoms with Crippen LogP contribution in [0.2, 0.25) is 0 Å². The number of benzene rings is 1. The Morgan fingerprint density at radius 2 is 2.00 bits per heavy atom. The summed E-state index contributed by atoms with van der Waals surface area (Å²) in [6.07, 6.45) is 2.81. The number of nitrogens with zero attached hydrogens (tertiary/aromatic N) is 3. The van der Waals surface area contributed by atoms with E-state index in [0.29, 0.717) is 31.4 Å². The van der Waals surface area contributed by atoms with Gasteiger partial charge in [0.15, 0.2) is 5.96 Å². The Hall–Kier alpha value is -2.72. The number of guanidine groups is 1. The van der Waals surface area contributed by atoms with E-state index in [-0.39, 0.29) is 17.3 Å². The van der Waals surface area contributed by atoms with Crippen molar-refractivity contribution in [2.45, 2.75) is 4.90 Å². The largest absolute Gasteiger partial charge is 0.492 e. The number of halogens is 1. The molecule has 0 saturated carbocycles. The summed E-state index contributed by atoms with van der Waals surface area (Å²) in [7, 11) is -0.111. The molecule has 28 heavy (non-hydrogen) atoms. The Bertz CT molecular complexity index is 861. The number of rotatable bonds is 9. The Morgan fingerprint density at radius 3 is 2.64 bits per heavy atom. The Labute approximate surface area is 164 Å². The van der Waals surface area contributed by atoms with Crippen molar-refractivity contribution in [1.82, 2.24) is 19.9 Å². The van der Waals surface area contributed by atoms with E-state index in [4.69, 9.17) is 4.74 Å². The smallest absolute Gasteiger partial charge is 0.242 e. The molecular formula is C18H24FN5O3S. The van der Waals surface area contributed by atoms with Crippen molar-refractivity contribution in [3.05, 3.63) is 54.6 Å². The fourth-order valence-corrected chi connectivity index (χ4v) is 3.27. The van der Waals surface area contributed by atoms with Gasteiger partial charge in [-0.25, -0.2) is 17.5 Å². The molecule has 2 rings (SSSR count). The highest BCUT2D eigenvalue weighted by molar-refractivity contribution is 7.89. The van der Waals surface area contributed by atoms with E-state index in [2.05, 4.69) is 20.0 Å². The Morgan fingerprint density at radius 1 is 1.25 bits per heavy atom. The molecule has 0 saturated heterocycles. The summed E-state index contributed by atoms with van der Waals surface area (Å²) >= 11 is 0. The molecule has 8 nitrogen and oxygen atoms in total. The lowest BCUT2D eigenvalue weighted by atomic mass is 10.3. The second-order valence-electron chi connectivity index (χ2n) is 5.78. The lowest BCUT2D eigenvalue weighted by Crippen LogP contribution is -2.43. The molecule has 0 unspecified atom stereocenters. The molecule has 1 aromatic carbocycles. The van der Waals surface area contributed by atoms with Crippen LogP contribution in [0.5, 0.6) is 5.75 Å². The van der Waals surface area contributed by atoms with Crippen LogP contribution in [0.25, 0.3) is 0 Å². The minimum atomic E-state index is -3.59. The Kier molecular flexibility index (Phi) is 8.15. The van der Waals surface area contributed by atoms with E-state index < -0.39 is 10.0 Å². The maximum atomic E-state index is 12.9. The van der Waals surface area contributed by atoms with Gasteiger partial charge >= 0.3 is 0 Å². The maximum absolute atomic E-state index is 12.9. The van der Waals surface area contributed by atoms with E-state index in [9.17, 15) is 12.8 Å². The summed E-state index contributed by atoms with van der Waals surface area (Å²) in [5, 5.41) is 3.08. The second kappa shape index (κ2) is 10.6.